The standard InChI is InChI=1S/C20H23N5S/c1-24(2)18-13-11-17(12-14-18)15-21-25-19(22-23-20(25)26)10-6-9-16-7-4-3-5-8-16/h3-5,7-8,11-15H,6,9-10H2,1-2H3,(H,23,26)/b21-15+. The van der Waals surface area contributed by atoms with Gasteiger partial charge in [0.1, 0.15) is 0 Å². The molecule has 3 aromatic rings. The molecule has 3 rings (SSSR count). The second kappa shape index (κ2) is 8.58. The van der Waals surface area contributed by atoms with E-state index in [4.69, 9.17) is 12.2 Å². The first kappa shape index (κ1) is 18.1. The summed E-state index contributed by atoms with van der Waals surface area (Å²) in [7, 11) is 4.05. The minimum absolute atomic E-state index is 0.515. The number of hydrogen-bond acceptors (Lipinski definition) is 4. The van der Waals surface area contributed by atoms with Gasteiger partial charge in [-0.2, -0.15) is 14.9 Å². The van der Waals surface area contributed by atoms with Crippen LogP contribution in [0, 0.1) is 4.77 Å². The van der Waals surface area contributed by atoms with Crippen LogP contribution in [0.4, 0.5) is 5.69 Å². The van der Waals surface area contributed by atoms with Crippen LogP contribution in [0.2, 0.25) is 0 Å². The van der Waals surface area contributed by atoms with E-state index in [0.717, 1.165) is 36.3 Å². The molecule has 134 valence electrons. The van der Waals surface area contributed by atoms with Crippen molar-refractivity contribution in [3.63, 3.8) is 0 Å². The number of hydrogen-bond donors (Lipinski definition) is 1. The summed E-state index contributed by atoms with van der Waals surface area (Å²) >= 11 is 5.31. The third-order valence-electron chi connectivity index (χ3n) is 4.16. The second-order valence-electron chi connectivity index (χ2n) is 6.33. The van der Waals surface area contributed by atoms with E-state index in [1.165, 1.54) is 5.56 Å². The van der Waals surface area contributed by atoms with E-state index < -0.39 is 0 Å². The van der Waals surface area contributed by atoms with Crippen molar-refractivity contribution in [2.75, 3.05) is 19.0 Å². The molecule has 0 unspecified atom stereocenters. The van der Waals surface area contributed by atoms with Crippen molar-refractivity contribution in [3.05, 3.63) is 76.3 Å². The van der Waals surface area contributed by atoms with Crippen LogP contribution in [0.5, 0.6) is 0 Å². The Kier molecular flexibility index (Phi) is 5.96. The molecule has 0 bridgehead atoms. The summed E-state index contributed by atoms with van der Waals surface area (Å²) in [5.74, 6) is 0.854. The van der Waals surface area contributed by atoms with E-state index in [1.807, 2.05) is 38.5 Å². The number of nitrogens with one attached hydrogen (secondary N) is 1. The van der Waals surface area contributed by atoms with E-state index in [1.54, 1.807) is 4.68 Å². The zero-order chi connectivity index (χ0) is 18.4. The molecule has 1 heterocycles. The maximum Gasteiger partial charge on any atom is 0.216 e. The molecule has 0 spiro atoms. The highest BCUT2D eigenvalue weighted by Gasteiger charge is 2.05. The molecule has 0 aliphatic carbocycles. The van der Waals surface area contributed by atoms with E-state index >= 15 is 0 Å². The fourth-order valence-electron chi connectivity index (χ4n) is 2.68. The molecule has 0 saturated carbocycles. The Labute approximate surface area is 159 Å². The largest absolute Gasteiger partial charge is 0.378 e. The normalized spacial score (nSPS) is 11.2. The Balaban J connectivity index is 1.66. The summed E-state index contributed by atoms with van der Waals surface area (Å²) in [5.41, 5.74) is 3.51. The molecule has 0 aliphatic rings. The van der Waals surface area contributed by atoms with Gasteiger partial charge in [-0.25, -0.2) is 0 Å². The summed E-state index contributed by atoms with van der Waals surface area (Å²) in [6, 6.07) is 18.7. The van der Waals surface area contributed by atoms with Gasteiger partial charge in [0.15, 0.2) is 5.82 Å². The van der Waals surface area contributed by atoms with E-state index in [-0.39, 0.29) is 0 Å². The van der Waals surface area contributed by atoms with E-state index in [2.05, 4.69) is 56.6 Å². The molecule has 0 radical (unpaired) electrons. The maximum absolute atomic E-state index is 5.31. The zero-order valence-corrected chi connectivity index (χ0v) is 15.9. The van der Waals surface area contributed by atoms with Crippen LogP contribution in [-0.4, -0.2) is 35.2 Å². The van der Waals surface area contributed by atoms with Gasteiger partial charge in [0.05, 0.1) is 6.21 Å². The van der Waals surface area contributed by atoms with E-state index in [0.29, 0.717) is 4.77 Å². The minimum atomic E-state index is 0.515. The summed E-state index contributed by atoms with van der Waals surface area (Å²) in [6.45, 7) is 0. The molecule has 0 fully saturated rings. The first-order valence-corrected chi connectivity index (χ1v) is 9.06. The molecule has 6 heteroatoms. The average molecular weight is 366 g/mol. The topological polar surface area (TPSA) is 49.2 Å². The van der Waals surface area contributed by atoms with E-state index in [9.17, 15) is 0 Å². The lowest BCUT2D eigenvalue weighted by atomic mass is 10.1. The highest BCUT2D eigenvalue weighted by Crippen LogP contribution is 2.11. The molecule has 1 N–H and O–H groups in total. The summed E-state index contributed by atoms with van der Waals surface area (Å²) in [4.78, 5) is 2.07. The van der Waals surface area contributed by atoms with Crippen molar-refractivity contribution in [2.45, 2.75) is 19.3 Å². The van der Waals surface area contributed by atoms with Crippen molar-refractivity contribution >= 4 is 24.1 Å². The smallest absolute Gasteiger partial charge is 0.216 e. The fraction of sp³-hybridized carbons (Fsp3) is 0.250. The van der Waals surface area contributed by atoms with Crippen molar-refractivity contribution in [3.8, 4) is 0 Å². The van der Waals surface area contributed by atoms with Crippen molar-refractivity contribution in [1.29, 1.82) is 0 Å². The van der Waals surface area contributed by atoms with Gasteiger partial charge in [-0.1, -0.05) is 42.5 Å². The Morgan fingerprint density at radius 2 is 1.81 bits per heavy atom. The number of aromatic nitrogens is 3. The summed E-state index contributed by atoms with van der Waals surface area (Å²) < 4.78 is 2.22. The SMILES string of the molecule is CN(C)c1ccc(/C=N/n2c(CCCc3ccccc3)n[nH]c2=S)cc1. The van der Waals surface area contributed by atoms with Gasteiger partial charge in [-0.3, -0.25) is 5.10 Å². The van der Waals surface area contributed by atoms with Crippen LogP contribution < -0.4 is 4.90 Å². The average Bonchev–Trinajstić information content (AvgIpc) is 3.01. The van der Waals surface area contributed by atoms with Crippen molar-refractivity contribution in [2.24, 2.45) is 5.10 Å². The van der Waals surface area contributed by atoms with Gasteiger partial charge in [-0.05, 0) is 48.3 Å². The number of benzene rings is 2. The van der Waals surface area contributed by atoms with Gasteiger partial charge in [0.2, 0.25) is 4.77 Å². The minimum Gasteiger partial charge on any atom is -0.378 e. The molecule has 26 heavy (non-hydrogen) atoms. The fourth-order valence-corrected chi connectivity index (χ4v) is 2.88. The quantitative estimate of drug-likeness (QED) is 0.507. The number of anilines is 1. The Hall–Kier alpha value is -2.73. The third kappa shape index (κ3) is 4.67. The highest BCUT2D eigenvalue weighted by molar-refractivity contribution is 7.71. The predicted octanol–water partition coefficient (Wildman–Crippen LogP) is 4.06. The van der Waals surface area contributed by atoms with Gasteiger partial charge >= 0.3 is 0 Å². The maximum atomic E-state index is 5.31. The molecule has 0 atom stereocenters. The van der Waals surface area contributed by atoms with Gasteiger partial charge in [0.25, 0.3) is 0 Å². The molecule has 5 nitrogen and oxygen atoms in total. The van der Waals surface area contributed by atoms with Gasteiger partial charge in [-0.15, -0.1) is 0 Å². The molecule has 2 aromatic carbocycles. The Morgan fingerprint density at radius 1 is 1.08 bits per heavy atom. The first-order valence-electron chi connectivity index (χ1n) is 8.65. The summed E-state index contributed by atoms with van der Waals surface area (Å²) in [6.07, 6.45) is 4.64. The van der Waals surface area contributed by atoms with Gasteiger partial charge < -0.3 is 4.90 Å². The number of nitrogens with zero attached hydrogens (tertiary/aromatic N) is 4. The molecule has 0 amide bonds. The molecule has 1 aromatic heterocycles. The molecule has 0 aliphatic heterocycles. The third-order valence-corrected chi connectivity index (χ3v) is 4.42. The molecule has 0 saturated heterocycles. The van der Waals surface area contributed by atoms with Crippen LogP contribution in [0.3, 0.4) is 0 Å². The lowest BCUT2D eigenvalue weighted by molar-refractivity contribution is 0.710. The van der Waals surface area contributed by atoms with Crippen LogP contribution in [0.15, 0.2) is 59.7 Å². The Bertz CT molecular complexity index is 907. The van der Waals surface area contributed by atoms with Crippen LogP contribution >= 0.6 is 12.2 Å². The van der Waals surface area contributed by atoms with Crippen molar-refractivity contribution < 1.29 is 0 Å². The van der Waals surface area contributed by atoms with Crippen LogP contribution in [0.1, 0.15) is 23.4 Å². The number of rotatable bonds is 7. The zero-order valence-electron chi connectivity index (χ0n) is 15.1. The lowest BCUT2D eigenvalue weighted by Crippen LogP contribution is -2.08. The van der Waals surface area contributed by atoms with Gasteiger partial charge in [0, 0.05) is 26.2 Å². The number of aryl methyl sites for hydroxylation is 2. The Morgan fingerprint density at radius 3 is 2.50 bits per heavy atom. The number of aromatic amines is 1. The van der Waals surface area contributed by atoms with Crippen LogP contribution in [-0.2, 0) is 12.8 Å². The second-order valence-corrected chi connectivity index (χ2v) is 6.71. The highest BCUT2D eigenvalue weighted by atomic mass is 32.1. The van der Waals surface area contributed by atoms with Crippen molar-refractivity contribution in [1.82, 2.24) is 14.9 Å². The lowest BCUT2D eigenvalue weighted by Gasteiger charge is -2.11. The predicted molar refractivity (Wildman–Crippen MR) is 110 cm³/mol. The molecular formula is C20H23N5S. The first-order chi connectivity index (χ1) is 12.6. The molecular weight excluding hydrogens is 342 g/mol. The summed E-state index contributed by atoms with van der Waals surface area (Å²) in [5, 5.41) is 11.7. The van der Waals surface area contributed by atoms with Crippen LogP contribution in [0.25, 0.3) is 0 Å². The monoisotopic (exact) mass is 365 g/mol. The number of H-pyrrole nitrogens is 1.